The number of unbranched alkanes of at least 4 members (excludes halogenated alkanes) is 1. The van der Waals surface area contributed by atoms with E-state index in [2.05, 4.69) is 111 Å². The van der Waals surface area contributed by atoms with Crippen LogP contribution in [0.1, 0.15) is 29.6 Å². The summed E-state index contributed by atoms with van der Waals surface area (Å²) in [6.45, 7) is 2.70. The molecule has 0 aliphatic carbocycles. The first kappa shape index (κ1) is 25.7. The molecule has 1 saturated heterocycles. The van der Waals surface area contributed by atoms with Crippen molar-refractivity contribution in [2.75, 3.05) is 30.8 Å². The van der Waals surface area contributed by atoms with Crippen molar-refractivity contribution in [2.45, 2.75) is 19.3 Å². The van der Waals surface area contributed by atoms with Gasteiger partial charge in [-0.25, -0.2) is 0 Å². The zero-order valence-corrected chi connectivity index (χ0v) is 23.5. The van der Waals surface area contributed by atoms with Gasteiger partial charge in [0.05, 0.1) is 0 Å². The summed E-state index contributed by atoms with van der Waals surface area (Å²) in [6, 6.07) is 38.6. The molecule has 4 aromatic rings. The fourth-order valence-corrected chi connectivity index (χ4v) is 13.0. The van der Waals surface area contributed by atoms with E-state index in [0.29, 0.717) is 17.9 Å². The fraction of sp³-hybridized carbons (Fsp3) is 0.219. The van der Waals surface area contributed by atoms with Gasteiger partial charge in [-0.3, -0.25) is 0 Å². The molecule has 0 atom stereocenters. The summed E-state index contributed by atoms with van der Waals surface area (Å²) in [5.74, 6) is 0.685. The number of aldehydes is 1. The van der Waals surface area contributed by atoms with E-state index < -0.39 is 5.31 Å². The molecule has 0 amide bonds. The molecule has 1 aliphatic rings. The van der Waals surface area contributed by atoms with E-state index in [0.717, 1.165) is 44.1 Å². The van der Waals surface area contributed by atoms with Crippen molar-refractivity contribution >= 4 is 48.7 Å². The Labute approximate surface area is 228 Å². The number of ether oxygens (including phenoxy) is 1. The molecule has 0 unspecified atom stereocenters. The van der Waals surface area contributed by atoms with Crippen LogP contribution in [0.5, 0.6) is 5.75 Å². The number of hydrogen-bond acceptors (Lipinski definition) is 3. The van der Waals surface area contributed by atoms with Crippen LogP contribution in [0.2, 0.25) is 0 Å². The second-order valence-corrected chi connectivity index (χ2v) is 18.7. The number of benzene rings is 4. The summed E-state index contributed by atoms with van der Waals surface area (Å²) in [5.41, 5.74) is 1.75. The zero-order chi connectivity index (χ0) is 25.6. The number of carbonyl (C=O) groups excluding carboxylic acids is 1. The molecule has 4 aromatic carbocycles. The third-order valence-electron chi connectivity index (χ3n) is 7.46. The van der Waals surface area contributed by atoms with E-state index >= 15 is 0 Å². The molecule has 5 heteroatoms. The van der Waals surface area contributed by atoms with Crippen LogP contribution in [0.15, 0.2) is 109 Å². The molecule has 0 N–H and O–H groups in total. The molecule has 0 saturated carbocycles. The summed E-state index contributed by atoms with van der Waals surface area (Å²) in [7, 11) is 0. The second-order valence-electron chi connectivity index (χ2n) is 9.65. The van der Waals surface area contributed by atoms with E-state index in [1.54, 1.807) is 0 Å². The Morgan fingerprint density at radius 2 is 1.30 bits per heavy atom. The normalized spacial score (nSPS) is 14.3. The first-order chi connectivity index (χ1) is 18.1. The van der Waals surface area contributed by atoms with Crippen molar-refractivity contribution in [3.63, 3.8) is 0 Å². The summed E-state index contributed by atoms with van der Waals surface area (Å²) < 4.78 is 6.19. The number of hydrogen-bond donors (Lipinski definition) is 0. The van der Waals surface area contributed by atoms with Crippen LogP contribution in [0, 0.1) is 0 Å². The first-order valence-corrected chi connectivity index (χ1v) is 17.4. The van der Waals surface area contributed by atoms with Gasteiger partial charge in [-0.2, -0.15) is 0 Å². The van der Waals surface area contributed by atoms with E-state index in [-0.39, 0.29) is 0 Å². The molecule has 1 aliphatic heterocycles. The number of halogens is 1. The molecular formula is C32H33BrNO2P. The van der Waals surface area contributed by atoms with E-state index in [1.807, 2.05) is 18.2 Å². The number of nitrogens with zero attached hydrogens (tertiary/aromatic N) is 1. The van der Waals surface area contributed by atoms with Gasteiger partial charge in [0.15, 0.2) is 0 Å². The predicted octanol–water partition coefficient (Wildman–Crippen LogP) is 6.71. The number of rotatable bonds is 11. The maximum atomic E-state index is 11.6. The molecule has 0 radical (unpaired) electrons. The minimum atomic E-state index is -2.91. The third-order valence-corrected chi connectivity index (χ3v) is 17.5. The molecular weight excluding hydrogens is 541 g/mol. The Kier molecular flexibility index (Phi) is 7.79. The molecule has 1 heterocycles. The fourth-order valence-electron chi connectivity index (χ4n) is 5.26. The van der Waals surface area contributed by atoms with Gasteiger partial charge >= 0.3 is 229 Å². The Hall–Kier alpha value is -2.94. The quantitative estimate of drug-likeness (QED) is 0.113. The number of carbonyl (C=O) groups is 1. The van der Waals surface area contributed by atoms with Crippen molar-refractivity contribution in [1.29, 1.82) is 0 Å². The maximum absolute atomic E-state index is 11.6. The van der Waals surface area contributed by atoms with Gasteiger partial charge in [0.2, 0.25) is 0 Å². The predicted molar refractivity (Wildman–Crippen MR) is 162 cm³/mol. The van der Waals surface area contributed by atoms with E-state index in [9.17, 15) is 4.79 Å². The monoisotopic (exact) mass is 573 g/mol. The zero-order valence-electron chi connectivity index (χ0n) is 21.0. The molecule has 0 bridgehead atoms. The summed E-state index contributed by atoms with van der Waals surface area (Å²) in [6.07, 6.45) is 4.95. The van der Waals surface area contributed by atoms with Crippen LogP contribution in [-0.2, 0) is 0 Å². The SMILES string of the molecule is O=Cc1ccc(N2CCC2)cc1OCCCCP(Br)(c1ccccc1)(c1ccccc1)c1ccccc1. The van der Waals surface area contributed by atoms with E-state index in [4.69, 9.17) is 4.74 Å². The summed E-state index contributed by atoms with van der Waals surface area (Å²) >= 11 is 4.52. The Morgan fingerprint density at radius 3 is 1.76 bits per heavy atom. The Bertz CT molecular complexity index is 1230. The van der Waals surface area contributed by atoms with Crippen molar-refractivity contribution in [1.82, 2.24) is 0 Å². The average Bonchev–Trinajstić information content (AvgIpc) is 2.93. The van der Waals surface area contributed by atoms with Crippen LogP contribution in [0.4, 0.5) is 5.69 Å². The molecule has 0 aromatic heterocycles. The van der Waals surface area contributed by atoms with Crippen LogP contribution in [0.25, 0.3) is 0 Å². The van der Waals surface area contributed by atoms with Crippen LogP contribution < -0.4 is 25.6 Å². The van der Waals surface area contributed by atoms with Crippen LogP contribution >= 0.6 is 20.8 Å². The molecule has 0 spiro atoms. The third kappa shape index (κ3) is 4.98. The molecule has 190 valence electrons. The van der Waals surface area contributed by atoms with Crippen molar-refractivity contribution in [2.24, 2.45) is 0 Å². The average molecular weight is 574 g/mol. The van der Waals surface area contributed by atoms with Gasteiger partial charge in [0.25, 0.3) is 0 Å². The van der Waals surface area contributed by atoms with Gasteiger partial charge in [0.1, 0.15) is 0 Å². The molecule has 3 nitrogen and oxygen atoms in total. The van der Waals surface area contributed by atoms with Gasteiger partial charge in [-0.1, -0.05) is 0 Å². The van der Waals surface area contributed by atoms with Crippen LogP contribution in [-0.4, -0.2) is 32.1 Å². The summed E-state index contributed by atoms with van der Waals surface area (Å²) in [5, 5.41) is 1.08. The van der Waals surface area contributed by atoms with Gasteiger partial charge in [0, 0.05) is 0 Å². The van der Waals surface area contributed by atoms with Crippen LogP contribution in [0.3, 0.4) is 0 Å². The Balaban J connectivity index is 1.40. The Morgan fingerprint density at radius 1 is 0.757 bits per heavy atom. The molecule has 1 fully saturated rings. The standard InChI is InChI=1S/C32H33BrNO2P/c33-37(29-13-4-1-5-14-29,30-15-6-2-7-16-30,31-17-8-3-9-18-31)24-11-10-23-36-32-25-28(34-21-12-22-34)20-19-27(32)26-35/h1-9,13-20,25-26H,10-12,21-24H2. The van der Waals surface area contributed by atoms with Gasteiger partial charge < -0.3 is 0 Å². The number of anilines is 1. The minimum absolute atomic E-state index is 0.572. The van der Waals surface area contributed by atoms with Gasteiger partial charge in [-0.05, 0) is 0 Å². The van der Waals surface area contributed by atoms with Crippen molar-refractivity contribution in [3.05, 3.63) is 115 Å². The van der Waals surface area contributed by atoms with Crippen molar-refractivity contribution < 1.29 is 9.53 Å². The molecule has 37 heavy (non-hydrogen) atoms. The van der Waals surface area contributed by atoms with E-state index in [1.165, 1.54) is 22.3 Å². The van der Waals surface area contributed by atoms with Gasteiger partial charge in [-0.15, -0.1) is 0 Å². The first-order valence-electron chi connectivity index (χ1n) is 13.0. The topological polar surface area (TPSA) is 29.5 Å². The molecule has 5 rings (SSSR count). The summed E-state index contributed by atoms with van der Waals surface area (Å²) in [4.78, 5) is 13.9. The van der Waals surface area contributed by atoms with Crippen molar-refractivity contribution in [3.8, 4) is 5.75 Å². The second kappa shape index (κ2) is 11.2.